The van der Waals surface area contributed by atoms with Crippen molar-refractivity contribution in [2.75, 3.05) is 31.3 Å². The monoisotopic (exact) mass is 477 g/mol. The topological polar surface area (TPSA) is 80.3 Å². The van der Waals surface area contributed by atoms with Crippen molar-refractivity contribution in [3.8, 4) is 10.6 Å². The highest BCUT2D eigenvalue weighted by Crippen LogP contribution is 2.31. The summed E-state index contributed by atoms with van der Waals surface area (Å²) >= 11 is 2.98. The molecule has 6 nitrogen and oxygen atoms in total. The molecule has 1 aromatic heterocycles. The lowest BCUT2D eigenvalue weighted by molar-refractivity contribution is -0.118. The molecule has 0 fully saturated rings. The normalized spacial score (nSPS) is 10.8. The third-order valence-electron chi connectivity index (χ3n) is 4.80. The molecule has 0 radical (unpaired) electrons. The zero-order valence-electron chi connectivity index (χ0n) is 18.0. The van der Waals surface area contributed by atoms with E-state index in [1.165, 1.54) is 11.8 Å². The van der Waals surface area contributed by atoms with E-state index in [1.54, 1.807) is 24.5 Å². The molecule has 0 aliphatic heterocycles. The number of ether oxygens (including phenoxy) is 1. The Kier molecular flexibility index (Phi) is 7.72. The van der Waals surface area contributed by atoms with Gasteiger partial charge in [0.2, 0.25) is 5.91 Å². The van der Waals surface area contributed by atoms with Crippen LogP contribution in [-0.2, 0) is 9.53 Å². The number of hydrogen-bond donors (Lipinski definition) is 2. The largest absolute Gasteiger partial charge is 0.383 e. The van der Waals surface area contributed by atoms with Crippen molar-refractivity contribution in [1.82, 2.24) is 10.3 Å². The van der Waals surface area contributed by atoms with Crippen LogP contribution >= 0.6 is 23.1 Å². The number of aromatic nitrogens is 1. The van der Waals surface area contributed by atoms with Gasteiger partial charge in [0.25, 0.3) is 5.91 Å². The Morgan fingerprint density at radius 2 is 1.76 bits per heavy atom. The molecule has 2 amide bonds. The van der Waals surface area contributed by atoms with E-state index in [-0.39, 0.29) is 17.6 Å². The van der Waals surface area contributed by atoms with Gasteiger partial charge in [-0.05, 0) is 48.5 Å². The standard InChI is InChI=1S/C25H23N3O3S2/c1-31-15-14-26-23(29)16-32-21-8-4-2-6-19(21)24(30)27-18-12-10-17(11-13-18)25-28-20-7-3-5-9-22(20)33-25/h2-13H,14-16H2,1H3,(H,26,29)(H,27,30). The molecule has 4 rings (SSSR count). The highest BCUT2D eigenvalue weighted by Gasteiger charge is 2.13. The van der Waals surface area contributed by atoms with E-state index >= 15 is 0 Å². The number of anilines is 1. The zero-order valence-corrected chi connectivity index (χ0v) is 19.7. The number of thioether (sulfide) groups is 1. The number of hydrogen-bond acceptors (Lipinski definition) is 6. The van der Waals surface area contributed by atoms with Gasteiger partial charge in [-0.1, -0.05) is 24.3 Å². The molecular weight excluding hydrogens is 454 g/mol. The van der Waals surface area contributed by atoms with Gasteiger partial charge in [-0.25, -0.2) is 4.98 Å². The van der Waals surface area contributed by atoms with E-state index in [1.807, 2.05) is 60.7 Å². The molecule has 1 heterocycles. The van der Waals surface area contributed by atoms with Crippen molar-refractivity contribution < 1.29 is 14.3 Å². The Labute approximate surface area is 200 Å². The molecule has 0 bridgehead atoms. The van der Waals surface area contributed by atoms with Crippen LogP contribution in [0.1, 0.15) is 10.4 Å². The van der Waals surface area contributed by atoms with Gasteiger partial charge in [0, 0.05) is 29.8 Å². The first-order chi connectivity index (χ1) is 16.1. The Hall–Kier alpha value is -3.20. The van der Waals surface area contributed by atoms with Crippen molar-refractivity contribution >= 4 is 50.8 Å². The van der Waals surface area contributed by atoms with Gasteiger partial charge in [-0.2, -0.15) is 0 Å². The van der Waals surface area contributed by atoms with Gasteiger partial charge in [0.05, 0.1) is 28.1 Å². The molecule has 0 aliphatic rings. The molecule has 3 aromatic carbocycles. The lowest BCUT2D eigenvalue weighted by atomic mass is 10.2. The number of benzene rings is 3. The van der Waals surface area contributed by atoms with E-state index in [0.717, 1.165) is 25.7 Å². The van der Waals surface area contributed by atoms with Crippen LogP contribution in [0.4, 0.5) is 5.69 Å². The molecule has 4 aromatic rings. The van der Waals surface area contributed by atoms with E-state index < -0.39 is 0 Å². The fraction of sp³-hybridized carbons (Fsp3) is 0.160. The smallest absolute Gasteiger partial charge is 0.256 e. The fourth-order valence-electron chi connectivity index (χ4n) is 3.16. The number of amides is 2. The predicted molar refractivity (Wildman–Crippen MR) is 135 cm³/mol. The Morgan fingerprint density at radius 3 is 2.55 bits per heavy atom. The summed E-state index contributed by atoms with van der Waals surface area (Å²) in [6.07, 6.45) is 0. The lowest BCUT2D eigenvalue weighted by Crippen LogP contribution is -2.28. The van der Waals surface area contributed by atoms with Crippen LogP contribution in [0.3, 0.4) is 0 Å². The van der Waals surface area contributed by atoms with Gasteiger partial charge >= 0.3 is 0 Å². The molecule has 2 N–H and O–H groups in total. The quantitative estimate of drug-likeness (QED) is 0.260. The molecule has 33 heavy (non-hydrogen) atoms. The molecule has 0 atom stereocenters. The summed E-state index contributed by atoms with van der Waals surface area (Å²) in [5.74, 6) is -0.0893. The summed E-state index contributed by atoms with van der Waals surface area (Å²) < 4.78 is 6.08. The van der Waals surface area contributed by atoms with Crippen molar-refractivity contribution in [3.05, 3.63) is 78.4 Å². The maximum absolute atomic E-state index is 12.9. The van der Waals surface area contributed by atoms with Crippen LogP contribution in [-0.4, -0.2) is 42.8 Å². The van der Waals surface area contributed by atoms with Gasteiger partial charge in [0.1, 0.15) is 5.01 Å². The second-order valence-electron chi connectivity index (χ2n) is 7.15. The van der Waals surface area contributed by atoms with E-state index in [9.17, 15) is 9.59 Å². The summed E-state index contributed by atoms with van der Waals surface area (Å²) in [4.78, 5) is 30.3. The third kappa shape index (κ3) is 5.98. The Morgan fingerprint density at radius 1 is 1.00 bits per heavy atom. The maximum atomic E-state index is 12.9. The minimum atomic E-state index is -0.217. The highest BCUT2D eigenvalue weighted by atomic mass is 32.2. The number of nitrogens with one attached hydrogen (secondary N) is 2. The molecule has 0 unspecified atom stereocenters. The molecule has 0 spiro atoms. The van der Waals surface area contributed by atoms with Gasteiger partial charge < -0.3 is 15.4 Å². The molecular formula is C25H23N3O3S2. The average molecular weight is 478 g/mol. The molecule has 0 aliphatic carbocycles. The number of rotatable bonds is 9. The number of carbonyl (C=O) groups is 2. The highest BCUT2D eigenvalue weighted by molar-refractivity contribution is 8.00. The number of methoxy groups -OCH3 is 1. The van der Waals surface area contributed by atoms with Crippen molar-refractivity contribution in [2.45, 2.75) is 4.90 Å². The third-order valence-corrected chi connectivity index (χ3v) is 6.96. The molecule has 8 heteroatoms. The SMILES string of the molecule is COCCNC(=O)CSc1ccccc1C(=O)Nc1ccc(-c2nc3ccccc3s2)cc1. The second kappa shape index (κ2) is 11.1. The fourth-order valence-corrected chi connectivity index (χ4v) is 5.01. The number of fused-ring (bicyclic) bond motifs is 1. The molecule has 168 valence electrons. The van der Waals surface area contributed by atoms with Gasteiger partial charge in [-0.15, -0.1) is 23.1 Å². The summed E-state index contributed by atoms with van der Waals surface area (Å²) in [6.45, 7) is 0.929. The van der Waals surface area contributed by atoms with Crippen LogP contribution in [0.2, 0.25) is 0 Å². The van der Waals surface area contributed by atoms with Crippen LogP contribution in [0.5, 0.6) is 0 Å². The van der Waals surface area contributed by atoms with E-state index in [2.05, 4.69) is 21.7 Å². The van der Waals surface area contributed by atoms with E-state index in [4.69, 9.17) is 4.74 Å². The number of para-hydroxylation sites is 1. The van der Waals surface area contributed by atoms with Crippen molar-refractivity contribution in [2.24, 2.45) is 0 Å². The lowest BCUT2D eigenvalue weighted by Gasteiger charge is -2.10. The van der Waals surface area contributed by atoms with Crippen LogP contribution in [0.25, 0.3) is 20.8 Å². The number of thiazole rings is 1. The van der Waals surface area contributed by atoms with Gasteiger partial charge in [-0.3, -0.25) is 9.59 Å². The minimum absolute atomic E-state index is 0.0994. The zero-order chi connectivity index (χ0) is 23.0. The maximum Gasteiger partial charge on any atom is 0.256 e. The first kappa shape index (κ1) is 23.0. The molecule has 0 saturated carbocycles. The second-order valence-corrected chi connectivity index (χ2v) is 9.19. The number of nitrogens with zero attached hydrogens (tertiary/aromatic N) is 1. The first-order valence-corrected chi connectivity index (χ1v) is 12.2. The van der Waals surface area contributed by atoms with E-state index in [0.29, 0.717) is 24.4 Å². The van der Waals surface area contributed by atoms with Crippen LogP contribution in [0.15, 0.2) is 77.7 Å². The first-order valence-electron chi connectivity index (χ1n) is 10.4. The van der Waals surface area contributed by atoms with Crippen LogP contribution < -0.4 is 10.6 Å². The van der Waals surface area contributed by atoms with Gasteiger partial charge in [0.15, 0.2) is 0 Å². The van der Waals surface area contributed by atoms with Crippen LogP contribution in [0, 0.1) is 0 Å². The summed E-state index contributed by atoms with van der Waals surface area (Å²) in [7, 11) is 1.59. The number of carbonyl (C=O) groups excluding carboxylic acids is 2. The Balaban J connectivity index is 1.40. The Bertz CT molecular complexity index is 1220. The average Bonchev–Trinajstić information content (AvgIpc) is 3.28. The molecule has 0 saturated heterocycles. The predicted octanol–water partition coefficient (Wildman–Crippen LogP) is 5.07. The van der Waals surface area contributed by atoms with Crippen molar-refractivity contribution in [3.63, 3.8) is 0 Å². The summed E-state index contributed by atoms with van der Waals surface area (Å²) in [6, 6.07) is 23.0. The minimum Gasteiger partial charge on any atom is -0.383 e. The summed E-state index contributed by atoms with van der Waals surface area (Å²) in [5.41, 5.74) is 3.21. The van der Waals surface area contributed by atoms with Crippen molar-refractivity contribution in [1.29, 1.82) is 0 Å². The summed E-state index contributed by atoms with van der Waals surface area (Å²) in [5, 5.41) is 6.67.